The van der Waals surface area contributed by atoms with Crippen LogP contribution in [0.4, 0.5) is 4.39 Å². The minimum absolute atomic E-state index is 0. The molecule has 5 heteroatoms. The molecule has 0 spiro atoms. The topological polar surface area (TPSA) is 29.3 Å². The van der Waals surface area contributed by atoms with Gasteiger partial charge in [0.15, 0.2) is 5.58 Å². The molecule has 3 nitrogen and oxygen atoms in total. The molecule has 2 heterocycles. The molecule has 4 rings (SSSR count). The predicted octanol–water partition coefficient (Wildman–Crippen LogP) is 4.38. The number of hydrogen-bond donors (Lipinski definition) is 0. The normalized spacial score (nSPS) is 14.4. The van der Waals surface area contributed by atoms with E-state index in [0.717, 1.165) is 50.0 Å². The van der Waals surface area contributed by atoms with Gasteiger partial charge in [-0.3, -0.25) is 4.90 Å². The van der Waals surface area contributed by atoms with Crippen molar-refractivity contribution in [2.45, 2.75) is 25.8 Å². The summed E-state index contributed by atoms with van der Waals surface area (Å²) in [7, 11) is 0. The van der Waals surface area contributed by atoms with Crippen LogP contribution in [0.25, 0.3) is 11.0 Å². The Morgan fingerprint density at radius 1 is 1.12 bits per heavy atom. The molecular weight excluding hydrogens is 327 g/mol. The van der Waals surface area contributed by atoms with Gasteiger partial charge in [-0.05, 0) is 49.1 Å². The highest BCUT2D eigenvalue weighted by Gasteiger charge is 2.15. The van der Waals surface area contributed by atoms with E-state index in [-0.39, 0.29) is 18.2 Å². The van der Waals surface area contributed by atoms with E-state index in [1.165, 1.54) is 23.3 Å². The smallest absolute Gasteiger partial charge is 0.170 e. The Labute approximate surface area is 146 Å². The van der Waals surface area contributed by atoms with Crippen molar-refractivity contribution in [3.05, 3.63) is 65.1 Å². The second-order valence-corrected chi connectivity index (χ2v) is 6.17. The lowest BCUT2D eigenvalue weighted by Crippen LogP contribution is -2.31. The van der Waals surface area contributed by atoms with Gasteiger partial charge in [-0.15, -0.1) is 12.4 Å². The Kier molecular flexibility index (Phi) is 5.17. The van der Waals surface area contributed by atoms with E-state index in [1.807, 2.05) is 0 Å². The van der Waals surface area contributed by atoms with Crippen LogP contribution in [0.5, 0.6) is 0 Å². The molecule has 1 aliphatic heterocycles. The highest BCUT2D eigenvalue weighted by atomic mass is 35.5. The molecule has 24 heavy (non-hydrogen) atoms. The second-order valence-electron chi connectivity index (χ2n) is 6.17. The maximum Gasteiger partial charge on any atom is 0.170 e. The molecule has 0 radical (unpaired) electrons. The van der Waals surface area contributed by atoms with Crippen LogP contribution in [0.15, 0.2) is 47.0 Å². The minimum atomic E-state index is -0.285. The summed E-state index contributed by atoms with van der Waals surface area (Å²) < 4.78 is 18.4. The molecule has 0 saturated carbocycles. The highest BCUT2D eigenvalue weighted by Crippen LogP contribution is 2.22. The first kappa shape index (κ1) is 16.9. The number of aryl methyl sites for hydroxylation is 1. The van der Waals surface area contributed by atoms with Crippen LogP contribution in [-0.4, -0.2) is 23.1 Å². The molecule has 0 atom stereocenters. The monoisotopic (exact) mass is 346 g/mol. The lowest BCUT2D eigenvalue weighted by Gasteiger charge is -2.28. The Balaban J connectivity index is 0.00000169. The van der Waals surface area contributed by atoms with E-state index in [0.29, 0.717) is 5.58 Å². The summed E-state index contributed by atoms with van der Waals surface area (Å²) >= 11 is 0. The predicted molar refractivity (Wildman–Crippen MR) is 95.0 cm³/mol. The summed E-state index contributed by atoms with van der Waals surface area (Å²) in [6, 6.07) is 13.3. The number of aromatic nitrogens is 1. The van der Waals surface area contributed by atoms with E-state index in [1.54, 1.807) is 6.07 Å². The van der Waals surface area contributed by atoms with Crippen molar-refractivity contribution >= 4 is 23.4 Å². The molecule has 126 valence electrons. The summed E-state index contributed by atoms with van der Waals surface area (Å²) in [5.41, 5.74) is 4.39. The second kappa shape index (κ2) is 7.32. The van der Waals surface area contributed by atoms with Crippen LogP contribution in [0.2, 0.25) is 0 Å². The SMILES string of the molecule is Cl.Fc1ccc2c(CCCN3CCc4ccccc4C3)noc2c1. The van der Waals surface area contributed by atoms with Crippen LogP contribution in [-0.2, 0) is 19.4 Å². The number of halogens is 2. The fourth-order valence-corrected chi connectivity index (χ4v) is 3.36. The van der Waals surface area contributed by atoms with Gasteiger partial charge in [-0.25, -0.2) is 4.39 Å². The molecule has 0 aliphatic carbocycles. The summed E-state index contributed by atoms with van der Waals surface area (Å²) in [5.74, 6) is -0.285. The standard InChI is InChI=1S/C19H19FN2O.ClH/c20-16-7-8-17-18(21-23-19(17)12-16)6-3-10-22-11-9-14-4-1-2-5-15(14)13-22;/h1-2,4-5,7-8,12H,3,6,9-11,13H2;1H. The Bertz CT molecular complexity index is 833. The van der Waals surface area contributed by atoms with Gasteiger partial charge in [0, 0.05) is 24.5 Å². The van der Waals surface area contributed by atoms with Gasteiger partial charge in [0.1, 0.15) is 5.82 Å². The third-order valence-corrected chi connectivity index (χ3v) is 4.61. The van der Waals surface area contributed by atoms with Gasteiger partial charge in [-0.1, -0.05) is 29.4 Å². The van der Waals surface area contributed by atoms with Gasteiger partial charge >= 0.3 is 0 Å². The number of benzene rings is 2. The molecule has 0 unspecified atom stereocenters. The zero-order valence-electron chi connectivity index (χ0n) is 13.4. The molecule has 0 amide bonds. The van der Waals surface area contributed by atoms with E-state index < -0.39 is 0 Å². The van der Waals surface area contributed by atoms with E-state index >= 15 is 0 Å². The van der Waals surface area contributed by atoms with Crippen molar-refractivity contribution in [3.8, 4) is 0 Å². The number of rotatable bonds is 4. The minimum Gasteiger partial charge on any atom is -0.356 e. The zero-order valence-corrected chi connectivity index (χ0v) is 14.2. The van der Waals surface area contributed by atoms with Crippen molar-refractivity contribution in [2.75, 3.05) is 13.1 Å². The van der Waals surface area contributed by atoms with E-state index in [4.69, 9.17) is 4.52 Å². The van der Waals surface area contributed by atoms with Crippen molar-refractivity contribution in [3.63, 3.8) is 0 Å². The van der Waals surface area contributed by atoms with Gasteiger partial charge in [0.05, 0.1) is 5.69 Å². The average molecular weight is 347 g/mol. The summed E-state index contributed by atoms with van der Waals surface area (Å²) in [4.78, 5) is 2.49. The largest absolute Gasteiger partial charge is 0.356 e. The Hall–Kier alpha value is -1.91. The first-order chi connectivity index (χ1) is 11.3. The fraction of sp³-hybridized carbons (Fsp3) is 0.316. The molecule has 0 saturated heterocycles. The number of nitrogens with zero attached hydrogens (tertiary/aromatic N) is 2. The van der Waals surface area contributed by atoms with Crippen LogP contribution < -0.4 is 0 Å². The van der Waals surface area contributed by atoms with E-state index in [9.17, 15) is 4.39 Å². The molecule has 1 aliphatic rings. The average Bonchev–Trinajstić information content (AvgIpc) is 2.97. The van der Waals surface area contributed by atoms with Crippen molar-refractivity contribution in [1.82, 2.24) is 10.1 Å². The van der Waals surface area contributed by atoms with Crippen molar-refractivity contribution in [2.24, 2.45) is 0 Å². The summed E-state index contributed by atoms with van der Waals surface area (Å²) in [6.45, 7) is 3.19. The zero-order chi connectivity index (χ0) is 15.6. The molecule has 0 N–H and O–H groups in total. The van der Waals surface area contributed by atoms with Gasteiger partial charge in [0.2, 0.25) is 0 Å². The molecule has 2 aromatic carbocycles. The maximum atomic E-state index is 13.2. The maximum absolute atomic E-state index is 13.2. The van der Waals surface area contributed by atoms with Crippen LogP contribution in [0, 0.1) is 5.82 Å². The van der Waals surface area contributed by atoms with Crippen LogP contribution in [0.3, 0.4) is 0 Å². The first-order valence-electron chi connectivity index (χ1n) is 8.12. The highest BCUT2D eigenvalue weighted by molar-refractivity contribution is 5.85. The first-order valence-corrected chi connectivity index (χ1v) is 8.12. The third-order valence-electron chi connectivity index (χ3n) is 4.61. The molecule has 1 aromatic heterocycles. The Morgan fingerprint density at radius 2 is 1.96 bits per heavy atom. The van der Waals surface area contributed by atoms with Crippen LogP contribution >= 0.6 is 12.4 Å². The van der Waals surface area contributed by atoms with Gasteiger partial charge < -0.3 is 4.52 Å². The summed E-state index contributed by atoms with van der Waals surface area (Å²) in [6.07, 6.45) is 3.01. The lowest BCUT2D eigenvalue weighted by atomic mass is 9.99. The molecule has 3 aromatic rings. The van der Waals surface area contributed by atoms with Crippen LogP contribution in [0.1, 0.15) is 23.2 Å². The Morgan fingerprint density at radius 3 is 2.83 bits per heavy atom. The molecular formula is C19H20ClFN2O. The lowest BCUT2D eigenvalue weighted by molar-refractivity contribution is 0.250. The summed E-state index contributed by atoms with van der Waals surface area (Å²) in [5, 5.41) is 5.02. The van der Waals surface area contributed by atoms with Gasteiger partial charge in [-0.2, -0.15) is 0 Å². The third kappa shape index (κ3) is 3.45. The van der Waals surface area contributed by atoms with Crippen molar-refractivity contribution in [1.29, 1.82) is 0 Å². The number of hydrogen-bond acceptors (Lipinski definition) is 3. The van der Waals surface area contributed by atoms with Crippen molar-refractivity contribution < 1.29 is 8.91 Å². The fourth-order valence-electron chi connectivity index (χ4n) is 3.36. The quantitative estimate of drug-likeness (QED) is 0.702. The molecule has 0 bridgehead atoms. The van der Waals surface area contributed by atoms with E-state index in [2.05, 4.69) is 34.3 Å². The van der Waals surface area contributed by atoms with Gasteiger partial charge in [0.25, 0.3) is 0 Å². The molecule has 0 fully saturated rings. The number of fused-ring (bicyclic) bond motifs is 2.